The van der Waals surface area contributed by atoms with E-state index in [4.69, 9.17) is 0 Å². The Hall–Kier alpha value is -7.04. The minimum absolute atomic E-state index is 0.0248. The van der Waals surface area contributed by atoms with E-state index >= 15 is 0 Å². The molecule has 10 aromatic rings. The number of fused-ring (bicyclic) bond motifs is 7. The summed E-state index contributed by atoms with van der Waals surface area (Å²) in [4.78, 5) is 2.60. The Morgan fingerprint density at radius 3 is 1.55 bits per heavy atom. The lowest BCUT2D eigenvalue weighted by molar-refractivity contribution is 0.589. The zero-order chi connectivity index (χ0) is 45.4. The van der Waals surface area contributed by atoms with Gasteiger partial charge >= 0.3 is 6.85 Å². The number of anilines is 3. The largest absolute Gasteiger partial charge is 0.375 e. The minimum atomic E-state index is -0.113. The number of aromatic nitrogens is 2. The quantitative estimate of drug-likeness (QED) is 0.161. The molecule has 0 radical (unpaired) electrons. The van der Waals surface area contributed by atoms with Gasteiger partial charge in [-0.2, -0.15) is 0 Å². The number of hydrogen-bond acceptors (Lipinski definition) is 1. The van der Waals surface area contributed by atoms with Gasteiger partial charge in [-0.1, -0.05) is 184 Å². The van der Waals surface area contributed by atoms with Crippen molar-refractivity contribution in [3.05, 3.63) is 193 Å². The van der Waals surface area contributed by atoms with E-state index in [0.29, 0.717) is 0 Å². The van der Waals surface area contributed by atoms with Gasteiger partial charge in [0.1, 0.15) is 0 Å². The molecule has 0 bridgehead atoms. The predicted octanol–water partition coefficient (Wildman–Crippen LogP) is 15.4. The lowest BCUT2D eigenvalue weighted by atomic mass is 9.44. The molecule has 0 saturated carbocycles. The van der Waals surface area contributed by atoms with Crippen molar-refractivity contribution in [1.29, 1.82) is 0 Å². The topological polar surface area (TPSA) is 13.1 Å². The Balaban J connectivity index is 1.26. The Morgan fingerprint density at radius 1 is 0.409 bits per heavy atom. The third kappa shape index (κ3) is 6.03. The normalized spacial score (nSPS) is 13.5. The fourth-order valence-electron chi connectivity index (χ4n) is 11.1. The van der Waals surface area contributed by atoms with Crippen LogP contribution in [0.5, 0.6) is 0 Å². The van der Waals surface area contributed by atoms with Crippen LogP contribution in [0.1, 0.15) is 79.0 Å². The van der Waals surface area contributed by atoms with E-state index in [9.17, 15) is 0 Å². The summed E-state index contributed by atoms with van der Waals surface area (Å²) in [6.07, 6.45) is 0. The van der Waals surface area contributed by atoms with E-state index in [1.807, 2.05) is 0 Å². The van der Waals surface area contributed by atoms with Crippen LogP contribution in [0.3, 0.4) is 0 Å². The van der Waals surface area contributed by atoms with Crippen LogP contribution in [0, 0.1) is 0 Å². The summed E-state index contributed by atoms with van der Waals surface area (Å²) in [7, 11) is 0. The first kappa shape index (κ1) is 40.5. The Kier molecular flexibility index (Phi) is 8.73. The van der Waals surface area contributed by atoms with Crippen molar-refractivity contribution in [3.63, 3.8) is 0 Å². The van der Waals surface area contributed by atoms with Gasteiger partial charge in [0, 0.05) is 61.2 Å². The van der Waals surface area contributed by atoms with Gasteiger partial charge in [-0.05, 0) is 115 Å². The summed E-state index contributed by atoms with van der Waals surface area (Å²) in [6, 6.07) is 66.9. The monoisotopic (exact) mass is 853 g/mol. The highest BCUT2D eigenvalue weighted by Gasteiger charge is 2.45. The van der Waals surface area contributed by atoms with E-state index in [0.717, 1.165) is 11.4 Å². The second-order valence-electron chi connectivity index (χ2n) is 21.8. The highest BCUT2D eigenvalue weighted by atomic mass is 15.2. The van der Waals surface area contributed by atoms with Crippen molar-refractivity contribution in [2.24, 2.45) is 0 Å². The molecule has 2 aromatic heterocycles. The standard InChI is InChI=1S/C62H56BN3/c1-60(2,3)41-28-30-44(31-29-41)64-54-38-45(65-52-26-18-16-24-46(52)47-25-17-19-27-53(47)65)32-33-51(54)63-57-48(34-43(37-55(57)64)62(7,8)9)49-35-42(61(4,5)6)36-50-56(39-20-12-10-13-21-39)58(66(63)59(49)50)40-22-14-11-15-23-40/h10-38H,1-9H3. The molecule has 12 rings (SSSR count). The van der Waals surface area contributed by atoms with Crippen molar-refractivity contribution in [3.8, 4) is 39.2 Å². The van der Waals surface area contributed by atoms with E-state index in [1.54, 1.807) is 0 Å². The van der Waals surface area contributed by atoms with Gasteiger partial charge in [0.15, 0.2) is 0 Å². The molecule has 0 aliphatic carbocycles. The highest BCUT2D eigenvalue weighted by molar-refractivity contribution is 6.89. The van der Waals surface area contributed by atoms with Crippen molar-refractivity contribution in [2.45, 2.75) is 78.6 Å². The first-order valence-electron chi connectivity index (χ1n) is 23.7. The predicted molar refractivity (Wildman–Crippen MR) is 284 cm³/mol. The van der Waals surface area contributed by atoms with E-state index in [1.165, 1.54) is 105 Å². The maximum Gasteiger partial charge on any atom is 0.333 e. The van der Waals surface area contributed by atoms with Crippen LogP contribution in [0.4, 0.5) is 17.1 Å². The Bertz CT molecular complexity index is 3520. The summed E-state index contributed by atoms with van der Waals surface area (Å²) in [5, 5.41) is 3.83. The molecule has 0 N–H and O–H groups in total. The lowest BCUT2D eigenvalue weighted by Crippen LogP contribution is -2.57. The van der Waals surface area contributed by atoms with Crippen molar-refractivity contribution in [2.75, 3.05) is 4.90 Å². The zero-order valence-electron chi connectivity index (χ0n) is 39.7. The van der Waals surface area contributed by atoms with Gasteiger partial charge in [-0.3, -0.25) is 0 Å². The molecule has 2 aliphatic rings. The fourth-order valence-corrected chi connectivity index (χ4v) is 11.1. The van der Waals surface area contributed by atoms with Crippen molar-refractivity contribution >= 4 is 67.5 Å². The number of nitrogens with zero attached hydrogens (tertiary/aromatic N) is 3. The van der Waals surface area contributed by atoms with Crippen molar-refractivity contribution < 1.29 is 0 Å². The molecule has 0 unspecified atom stereocenters. The summed E-state index contributed by atoms with van der Waals surface area (Å²) in [5.74, 6) is 0. The number of rotatable bonds is 4. The summed E-state index contributed by atoms with van der Waals surface area (Å²) < 4.78 is 5.22. The second kappa shape index (κ2) is 14.2. The van der Waals surface area contributed by atoms with E-state index in [2.05, 4.69) is 252 Å². The average Bonchev–Trinajstić information content (AvgIpc) is 3.83. The van der Waals surface area contributed by atoms with Crippen LogP contribution >= 0.6 is 0 Å². The molecule has 0 amide bonds. The third-order valence-corrected chi connectivity index (χ3v) is 14.5. The van der Waals surface area contributed by atoms with Crippen LogP contribution in [0.2, 0.25) is 0 Å². The Morgan fingerprint density at radius 2 is 0.939 bits per heavy atom. The van der Waals surface area contributed by atoms with E-state index in [-0.39, 0.29) is 23.1 Å². The molecule has 0 saturated heterocycles. The average molecular weight is 854 g/mol. The third-order valence-electron chi connectivity index (χ3n) is 14.5. The molecule has 4 heteroatoms. The summed E-state index contributed by atoms with van der Waals surface area (Å²) >= 11 is 0. The molecular formula is C62H56BN3. The van der Waals surface area contributed by atoms with Crippen LogP contribution in [0.15, 0.2) is 176 Å². The molecule has 0 atom stereocenters. The molecule has 2 aliphatic heterocycles. The van der Waals surface area contributed by atoms with Crippen LogP contribution in [0.25, 0.3) is 71.9 Å². The summed E-state index contributed by atoms with van der Waals surface area (Å²) in [5.41, 5.74) is 22.6. The minimum Gasteiger partial charge on any atom is -0.375 e. The second-order valence-corrected chi connectivity index (χ2v) is 21.8. The fraction of sp³-hybridized carbons (Fsp3) is 0.194. The highest BCUT2D eigenvalue weighted by Crippen LogP contribution is 2.52. The van der Waals surface area contributed by atoms with E-state index < -0.39 is 0 Å². The zero-order valence-corrected chi connectivity index (χ0v) is 39.7. The first-order chi connectivity index (χ1) is 31.7. The number of benzene rings is 8. The molecule has 0 fully saturated rings. The summed E-state index contributed by atoms with van der Waals surface area (Å²) in [6.45, 7) is 21.0. The van der Waals surface area contributed by atoms with Crippen molar-refractivity contribution in [1.82, 2.24) is 9.05 Å². The van der Waals surface area contributed by atoms with Crippen LogP contribution in [-0.2, 0) is 16.2 Å². The maximum absolute atomic E-state index is 2.75. The van der Waals surface area contributed by atoms with Gasteiger partial charge in [0.05, 0.1) is 11.0 Å². The van der Waals surface area contributed by atoms with Gasteiger partial charge in [-0.25, -0.2) is 0 Å². The molecule has 0 spiro atoms. The maximum atomic E-state index is 2.75. The number of para-hydroxylation sites is 2. The lowest BCUT2D eigenvalue weighted by Gasteiger charge is -2.42. The Labute approximate surface area is 390 Å². The molecule has 66 heavy (non-hydrogen) atoms. The smallest absolute Gasteiger partial charge is 0.333 e. The van der Waals surface area contributed by atoms with Gasteiger partial charge in [0.2, 0.25) is 0 Å². The SMILES string of the molecule is CC(C)(C)c1ccc(N2c3cc(-n4c5ccccc5c5ccccc54)ccc3B3c4c(cc(C(C)(C)C)cc42)-c2cc(C(C)(C)C)cc4c(-c5ccccc5)c(-c5ccccc5)n3c24)cc1. The molecule has 4 heterocycles. The first-order valence-corrected chi connectivity index (χ1v) is 23.7. The molecule has 8 aromatic carbocycles. The van der Waals surface area contributed by atoms with Crippen LogP contribution < -0.4 is 15.8 Å². The van der Waals surface area contributed by atoms with Crippen LogP contribution in [-0.4, -0.2) is 15.9 Å². The van der Waals surface area contributed by atoms with Gasteiger partial charge < -0.3 is 13.9 Å². The number of hydrogen-bond donors (Lipinski definition) is 0. The molecule has 3 nitrogen and oxygen atoms in total. The van der Waals surface area contributed by atoms with Gasteiger partial charge in [0.25, 0.3) is 0 Å². The van der Waals surface area contributed by atoms with Gasteiger partial charge in [-0.15, -0.1) is 0 Å². The molecular weight excluding hydrogens is 798 g/mol. The molecule has 322 valence electrons.